The Kier molecular flexibility index (Phi) is 2.31. The van der Waals surface area contributed by atoms with Crippen molar-refractivity contribution in [3.63, 3.8) is 0 Å². The van der Waals surface area contributed by atoms with Crippen molar-refractivity contribution in [2.75, 3.05) is 18.5 Å². The normalized spacial score (nSPS) is 29.8. The second-order valence-corrected chi connectivity index (χ2v) is 2.85. The van der Waals surface area contributed by atoms with Crippen LogP contribution in [0, 0.1) is 0 Å². The van der Waals surface area contributed by atoms with Crippen molar-refractivity contribution < 1.29 is 9.53 Å². The molecule has 1 saturated heterocycles. The highest BCUT2D eigenvalue weighted by molar-refractivity contribution is 9.09. The molecule has 10 heavy (non-hydrogen) atoms. The van der Waals surface area contributed by atoms with Gasteiger partial charge in [-0.05, 0) is 6.92 Å². The summed E-state index contributed by atoms with van der Waals surface area (Å²) in [6.45, 7) is 2.99. The molecule has 0 amide bonds. The Bertz CT molecular complexity index is 145. The predicted molar refractivity (Wildman–Crippen MR) is 41.2 cm³/mol. The van der Waals surface area contributed by atoms with Gasteiger partial charge in [-0.15, -0.1) is 0 Å². The molecule has 1 fully saturated rings. The van der Waals surface area contributed by atoms with Gasteiger partial charge in [0.25, 0.3) is 0 Å². The first-order valence-electron chi connectivity index (χ1n) is 3.23. The van der Waals surface area contributed by atoms with E-state index in [-0.39, 0.29) is 5.97 Å². The molecule has 0 radical (unpaired) electrons. The number of hydrogen-bond acceptors (Lipinski definition) is 3. The van der Waals surface area contributed by atoms with Gasteiger partial charge in [0.15, 0.2) is 0 Å². The quantitative estimate of drug-likeness (QED) is 0.412. The summed E-state index contributed by atoms with van der Waals surface area (Å²) in [5, 5.41) is 3.60. The van der Waals surface area contributed by atoms with Crippen molar-refractivity contribution in [2.45, 2.75) is 12.5 Å². The molecule has 1 atom stereocenters. The van der Waals surface area contributed by atoms with E-state index in [4.69, 9.17) is 4.74 Å². The summed E-state index contributed by atoms with van der Waals surface area (Å²) in [5.41, 5.74) is -0.393. The molecular formula is C6H10BrNO2. The van der Waals surface area contributed by atoms with Gasteiger partial charge in [0.1, 0.15) is 5.54 Å². The Balaban J connectivity index is 2.40. The molecule has 0 aromatic heterocycles. The number of ether oxygens (including phenoxy) is 1. The Hall–Kier alpha value is -0.0900. The van der Waals surface area contributed by atoms with Crippen molar-refractivity contribution in [1.29, 1.82) is 0 Å². The highest BCUT2D eigenvalue weighted by Crippen LogP contribution is 2.21. The first kappa shape index (κ1) is 8.01. The number of esters is 1. The van der Waals surface area contributed by atoms with E-state index in [1.165, 1.54) is 0 Å². The Labute approximate surface area is 68.3 Å². The van der Waals surface area contributed by atoms with E-state index in [0.29, 0.717) is 11.9 Å². The van der Waals surface area contributed by atoms with Crippen molar-refractivity contribution in [1.82, 2.24) is 5.32 Å². The maximum Gasteiger partial charge on any atom is 0.328 e. The average molecular weight is 208 g/mol. The second kappa shape index (κ2) is 2.88. The molecule has 1 N–H and O–H groups in total. The molecule has 0 aromatic rings. The zero-order chi connectivity index (χ0) is 7.61. The monoisotopic (exact) mass is 207 g/mol. The van der Waals surface area contributed by atoms with Crippen LogP contribution in [0.1, 0.15) is 6.92 Å². The van der Waals surface area contributed by atoms with Gasteiger partial charge in [0.05, 0.1) is 6.61 Å². The molecule has 1 heterocycles. The van der Waals surface area contributed by atoms with Crippen LogP contribution in [-0.4, -0.2) is 30.0 Å². The highest BCUT2D eigenvalue weighted by atomic mass is 79.9. The van der Waals surface area contributed by atoms with E-state index in [0.717, 1.165) is 6.54 Å². The fraction of sp³-hybridized carbons (Fsp3) is 0.833. The molecule has 1 unspecified atom stereocenters. The van der Waals surface area contributed by atoms with Gasteiger partial charge in [0.2, 0.25) is 0 Å². The minimum absolute atomic E-state index is 0.146. The lowest BCUT2D eigenvalue weighted by Gasteiger charge is -2.07. The second-order valence-electron chi connectivity index (χ2n) is 2.29. The van der Waals surface area contributed by atoms with Gasteiger partial charge < -0.3 is 4.74 Å². The van der Waals surface area contributed by atoms with Gasteiger partial charge in [0, 0.05) is 11.9 Å². The summed E-state index contributed by atoms with van der Waals surface area (Å²) in [6, 6.07) is 0. The number of nitrogens with one attached hydrogen (secondary N) is 1. The van der Waals surface area contributed by atoms with Crippen molar-refractivity contribution in [2.24, 2.45) is 0 Å². The summed E-state index contributed by atoms with van der Waals surface area (Å²) < 4.78 is 4.83. The average Bonchev–Trinajstić information content (AvgIpc) is 2.68. The highest BCUT2D eigenvalue weighted by Gasteiger charge is 2.50. The van der Waals surface area contributed by atoms with Crippen LogP contribution in [0.2, 0.25) is 0 Å². The van der Waals surface area contributed by atoms with Crippen molar-refractivity contribution in [3.05, 3.63) is 0 Å². The SMILES string of the molecule is CCOC(=O)C1(CBr)CN1. The van der Waals surface area contributed by atoms with Gasteiger partial charge in [-0.2, -0.15) is 0 Å². The molecule has 1 aliphatic rings. The number of carbonyl (C=O) groups excluding carboxylic acids is 1. The molecule has 1 aliphatic heterocycles. The molecular weight excluding hydrogens is 198 g/mol. The summed E-state index contributed by atoms with van der Waals surface area (Å²) in [4.78, 5) is 11.0. The third-order valence-electron chi connectivity index (χ3n) is 1.50. The van der Waals surface area contributed by atoms with Crippen LogP contribution < -0.4 is 5.32 Å². The maximum atomic E-state index is 11.0. The minimum atomic E-state index is -0.393. The Morgan fingerprint density at radius 1 is 1.90 bits per heavy atom. The van der Waals surface area contributed by atoms with E-state index in [1.54, 1.807) is 0 Å². The predicted octanol–water partition coefficient (Wildman–Crippen LogP) is 0.286. The summed E-state index contributed by atoms with van der Waals surface area (Å²) >= 11 is 3.24. The molecule has 0 aliphatic carbocycles. The lowest BCUT2D eigenvalue weighted by molar-refractivity contribution is -0.145. The summed E-state index contributed by atoms with van der Waals surface area (Å²) in [7, 11) is 0. The van der Waals surface area contributed by atoms with Crippen molar-refractivity contribution in [3.8, 4) is 0 Å². The third-order valence-corrected chi connectivity index (χ3v) is 2.46. The lowest BCUT2D eigenvalue weighted by Crippen LogP contribution is -2.31. The maximum absolute atomic E-state index is 11.0. The molecule has 58 valence electrons. The Morgan fingerprint density at radius 3 is 2.80 bits per heavy atom. The van der Waals surface area contributed by atoms with Crippen LogP contribution in [0.15, 0.2) is 0 Å². The van der Waals surface area contributed by atoms with Crippen LogP contribution >= 0.6 is 15.9 Å². The van der Waals surface area contributed by atoms with E-state index in [9.17, 15) is 4.79 Å². The minimum Gasteiger partial charge on any atom is -0.465 e. The molecule has 4 heteroatoms. The van der Waals surface area contributed by atoms with E-state index in [1.807, 2.05) is 6.92 Å². The number of carbonyl (C=O) groups is 1. The van der Waals surface area contributed by atoms with Crippen LogP contribution in [0.3, 0.4) is 0 Å². The molecule has 0 bridgehead atoms. The standard InChI is InChI=1S/C6H10BrNO2/c1-2-10-5(9)6(3-7)4-8-6/h8H,2-4H2,1H3. The smallest absolute Gasteiger partial charge is 0.328 e. The first-order valence-corrected chi connectivity index (χ1v) is 4.35. The first-order chi connectivity index (χ1) is 4.75. The number of rotatable bonds is 3. The zero-order valence-electron chi connectivity index (χ0n) is 5.82. The third kappa shape index (κ3) is 1.32. The summed E-state index contributed by atoms with van der Waals surface area (Å²) in [5.74, 6) is -0.146. The van der Waals surface area contributed by atoms with Gasteiger partial charge in [-0.1, -0.05) is 15.9 Å². The van der Waals surface area contributed by atoms with Gasteiger partial charge >= 0.3 is 5.97 Å². The topological polar surface area (TPSA) is 48.2 Å². The van der Waals surface area contributed by atoms with E-state index >= 15 is 0 Å². The number of halogens is 1. The van der Waals surface area contributed by atoms with Gasteiger partial charge in [-0.3, -0.25) is 5.32 Å². The van der Waals surface area contributed by atoms with Crippen LogP contribution in [-0.2, 0) is 9.53 Å². The van der Waals surface area contributed by atoms with Gasteiger partial charge in [-0.25, -0.2) is 4.79 Å². The number of hydrogen-bond donors (Lipinski definition) is 1. The van der Waals surface area contributed by atoms with Crippen molar-refractivity contribution >= 4 is 21.9 Å². The molecule has 3 nitrogen and oxygen atoms in total. The lowest BCUT2D eigenvalue weighted by atomic mass is 10.2. The summed E-state index contributed by atoms with van der Waals surface area (Å²) in [6.07, 6.45) is 0. The zero-order valence-corrected chi connectivity index (χ0v) is 7.40. The molecule has 1 rings (SSSR count). The fourth-order valence-electron chi connectivity index (χ4n) is 0.669. The fourth-order valence-corrected chi connectivity index (χ4v) is 1.29. The van der Waals surface area contributed by atoms with E-state index in [2.05, 4.69) is 21.2 Å². The largest absolute Gasteiger partial charge is 0.465 e. The Morgan fingerprint density at radius 2 is 2.50 bits per heavy atom. The van der Waals surface area contributed by atoms with Crippen LogP contribution in [0.25, 0.3) is 0 Å². The molecule has 0 spiro atoms. The van der Waals surface area contributed by atoms with E-state index < -0.39 is 5.54 Å². The van der Waals surface area contributed by atoms with Crippen LogP contribution in [0.4, 0.5) is 0 Å². The van der Waals surface area contributed by atoms with Crippen LogP contribution in [0.5, 0.6) is 0 Å². The molecule has 0 saturated carbocycles. The molecule has 0 aromatic carbocycles. The number of alkyl halides is 1.